The van der Waals surface area contributed by atoms with Gasteiger partial charge in [0.2, 0.25) is 0 Å². The molecule has 120 valence electrons. The van der Waals surface area contributed by atoms with Gasteiger partial charge in [-0.15, -0.1) is 0 Å². The predicted octanol–water partition coefficient (Wildman–Crippen LogP) is 3.72. The van der Waals surface area contributed by atoms with Crippen molar-refractivity contribution in [3.63, 3.8) is 0 Å². The summed E-state index contributed by atoms with van der Waals surface area (Å²) in [6.45, 7) is 1.28. The van der Waals surface area contributed by atoms with E-state index in [1.807, 2.05) is 12.1 Å². The maximum absolute atomic E-state index is 12.2. The van der Waals surface area contributed by atoms with Gasteiger partial charge in [-0.25, -0.2) is 0 Å². The van der Waals surface area contributed by atoms with Crippen LogP contribution in [0.3, 0.4) is 0 Å². The number of carbonyl (C=O) groups is 1. The molecule has 0 bridgehead atoms. The summed E-state index contributed by atoms with van der Waals surface area (Å²) < 4.78 is 2.10. The first kappa shape index (κ1) is 14.8. The summed E-state index contributed by atoms with van der Waals surface area (Å²) in [5.74, 6) is 1.22. The smallest absolute Gasteiger partial charge is 0.252 e. The molecule has 1 aromatic carbocycles. The molecule has 1 heterocycles. The van der Waals surface area contributed by atoms with Crippen molar-refractivity contribution in [2.45, 2.75) is 44.1 Å². The Kier molecular flexibility index (Phi) is 3.85. The zero-order valence-electron chi connectivity index (χ0n) is 13.0. The fraction of sp³-hybridized carbons (Fsp3) is 0.444. The molecule has 2 aliphatic rings. The Labute approximate surface area is 140 Å². The van der Waals surface area contributed by atoms with Crippen LogP contribution in [0.5, 0.6) is 0 Å². The van der Waals surface area contributed by atoms with E-state index in [2.05, 4.69) is 16.1 Å². The normalized spacial score (nSPS) is 17.3. The van der Waals surface area contributed by atoms with Crippen molar-refractivity contribution in [1.29, 1.82) is 0 Å². The molecule has 4 rings (SSSR count). The topological polar surface area (TPSA) is 46.9 Å². The van der Waals surface area contributed by atoms with Crippen molar-refractivity contribution in [3.05, 3.63) is 52.3 Å². The van der Waals surface area contributed by atoms with Crippen molar-refractivity contribution < 1.29 is 4.79 Å². The second-order valence-corrected chi connectivity index (χ2v) is 6.91. The van der Waals surface area contributed by atoms with Crippen LogP contribution in [-0.4, -0.2) is 22.2 Å². The average molecular weight is 330 g/mol. The Morgan fingerprint density at radius 1 is 1.22 bits per heavy atom. The summed E-state index contributed by atoms with van der Waals surface area (Å²) in [5, 5.41) is 8.19. The van der Waals surface area contributed by atoms with E-state index >= 15 is 0 Å². The molecule has 0 saturated heterocycles. The largest absolute Gasteiger partial charge is 0.350 e. The number of amides is 1. The van der Waals surface area contributed by atoms with Gasteiger partial charge in [-0.3, -0.25) is 9.48 Å². The molecule has 1 aromatic heterocycles. The Bertz CT molecular complexity index is 732. The molecule has 1 amide bonds. The Hall–Kier alpha value is -1.81. The van der Waals surface area contributed by atoms with E-state index < -0.39 is 0 Å². The zero-order chi connectivity index (χ0) is 15.8. The van der Waals surface area contributed by atoms with Crippen molar-refractivity contribution in [2.24, 2.45) is 0 Å². The first-order valence-electron chi connectivity index (χ1n) is 8.33. The summed E-state index contributed by atoms with van der Waals surface area (Å²) in [5.41, 5.74) is 3.11. The van der Waals surface area contributed by atoms with Crippen molar-refractivity contribution >= 4 is 17.5 Å². The molecule has 4 nitrogen and oxygen atoms in total. The molecule has 2 saturated carbocycles. The summed E-state index contributed by atoms with van der Waals surface area (Å²) in [6, 6.07) is 9.40. The molecule has 0 spiro atoms. The van der Waals surface area contributed by atoms with E-state index in [1.54, 1.807) is 12.1 Å². The zero-order valence-corrected chi connectivity index (χ0v) is 13.7. The minimum absolute atomic E-state index is 0.127. The van der Waals surface area contributed by atoms with E-state index in [0.717, 1.165) is 6.54 Å². The van der Waals surface area contributed by atoms with Crippen LogP contribution in [0, 0.1) is 0 Å². The number of halogens is 1. The van der Waals surface area contributed by atoms with E-state index in [-0.39, 0.29) is 5.91 Å². The van der Waals surface area contributed by atoms with Gasteiger partial charge in [-0.1, -0.05) is 23.7 Å². The average Bonchev–Trinajstić information content (AvgIpc) is 3.46. The van der Waals surface area contributed by atoms with Gasteiger partial charge in [0.1, 0.15) is 0 Å². The third-order valence-electron chi connectivity index (χ3n) is 4.55. The standard InChI is InChI=1S/C18H20ClN3O/c19-15-4-2-1-3-14(15)18(23)20-9-10-22-17(13-7-8-13)11-16(21-22)12-5-6-12/h1-4,11-13H,5-10H2,(H,20,23). The molecule has 0 aliphatic heterocycles. The number of hydrogen-bond acceptors (Lipinski definition) is 2. The summed E-state index contributed by atoms with van der Waals surface area (Å²) in [6.07, 6.45) is 5.07. The number of nitrogens with zero attached hydrogens (tertiary/aromatic N) is 2. The molecule has 5 heteroatoms. The predicted molar refractivity (Wildman–Crippen MR) is 90.0 cm³/mol. The van der Waals surface area contributed by atoms with E-state index in [9.17, 15) is 4.79 Å². The molecule has 23 heavy (non-hydrogen) atoms. The Morgan fingerprint density at radius 3 is 2.65 bits per heavy atom. The molecule has 2 aliphatic carbocycles. The number of rotatable bonds is 6. The Morgan fingerprint density at radius 2 is 1.96 bits per heavy atom. The van der Waals surface area contributed by atoms with Gasteiger partial charge in [0.05, 0.1) is 22.8 Å². The lowest BCUT2D eigenvalue weighted by molar-refractivity contribution is 0.0952. The molecule has 0 atom stereocenters. The first-order valence-corrected chi connectivity index (χ1v) is 8.70. The minimum atomic E-state index is -0.127. The second-order valence-electron chi connectivity index (χ2n) is 6.50. The fourth-order valence-corrected chi connectivity index (χ4v) is 3.15. The van der Waals surface area contributed by atoms with E-state index in [1.165, 1.54) is 37.1 Å². The quantitative estimate of drug-likeness (QED) is 0.878. The lowest BCUT2D eigenvalue weighted by Crippen LogP contribution is -2.28. The van der Waals surface area contributed by atoms with Crippen LogP contribution >= 0.6 is 11.6 Å². The molecular formula is C18H20ClN3O. The summed E-state index contributed by atoms with van der Waals surface area (Å²) in [4.78, 5) is 12.2. The van der Waals surface area contributed by atoms with Gasteiger partial charge in [0.25, 0.3) is 5.91 Å². The van der Waals surface area contributed by atoms with Gasteiger partial charge in [-0.05, 0) is 43.9 Å². The van der Waals surface area contributed by atoms with Crippen LogP contribution in [0.15, 0.2) is 30.3 Å². The summed E-state index contributed by atoms with van der Waals surface area (Å²) in [7, 11) is 0. The highest BCUT2D eigenvalue weighted by Crippen LogP contribution is 2.44. The minimum Gasteiger partial charge on any atom is -0.350 e. The van der Waals surface area contributed by atoms with Crippen molar-refractivity contribution in [2.75, 3.05) is 6.54 Å². The van der Waals surface area contributed by atoms with Crippen LogP contribution in [0.2, 0.25) is 5.02 Å². The van der Waals surface area contributed by atoms with Crippen molar-refractivity contribution in [1.82, 2.24) is 15.1 Å². The van der Waals surface area contributed by atoms with Crippen LogP contribution in [0.4, 0.5) is 0 Å². The van der Waals surface area contributed by atoms with Gasteiger partial charge in [0, 0.05) is 24.1 Å². The molecule has 0 radical (unpaired) electrons. The maximum atomic E-state index is 12.2. The lowest BCUT2D eigenvalue weighted by Gasteiger charge is -2.09. The molecule has 2 fully saturated rings. The van der Waals surface area contributed by atoms with E-state index in [0.29, 0.717) is 29.0 Å². The number of nitrogens with one attached hydrogen (secondary N) is 1. The third-order valence-corrected chi connectivity index (χ3v) is 4.88. The summed E-state index contributed by atoms with van der Waals surface area (Å²) >= 11 is 6.06. The van der Waals surface area contributed by atoms with Crippen LogP contribution < -0.4 is 5.32 Å². The molecular weight excluding hydrogens is 310 g/mol. The lowest BCUT2D eigenvalue weighted by atomic mass is 10.2. The van der Waals surface area contributed by atoms with Crippen LogP contribution in [0.25, 0.3) is 0 Å². The second kappa shape index (κ2) is 6.00. The van der Waals surface area contributed by atoms with Gasteiger partial charge >= 0.3 is 0 Å². The highest BCUT2D eigenvalue weighted by molar-refractivity contribution is 6.33. The molecule has 1 N–H and O–H groups in total. The monoisotopic (exact) mass is 329 g/mol. The van der Waals surface area contributed by atoms with Crippen LogP contribution in [-0.2, 0) is 6.54 Å². The third kappa shape index (κ3) is 3.27. The van der Waals surface area contributed by atoms with Gasteiger partial charge < -0.3 is 5.32 Å². The van der Waals surface area contributed by atoms with Gasteiger partial charge in [-0.2, -0.15) is 5.10 Å². The number of benzene rings is 1. The highest BCUT2D eigenvalue weighted by Gasteiger charge is 2.32. The Balaban J connectivity index is 1.39. The molecule has 2 aromatic rings. The SMILES string of the molecule is O=C(NCCn1nc(C2CC2)cc1C1CC1)c1ccccc1Cl. The number of hydrogen-bond donors (Lipinski definition) is 1. The van der Waals surface area contributed by atoms with E-state index in [4.69, 9.17) is 16.7 Å². The van der Waals surface area contributed by atoms with Crippen molar-refractivity contribution in [3.8, 4) is 0 Å². The molecule has 0 unspecified atom stereocenters. The first-order chi connectivity index (χ1) is 11.2. The maximum Gasteiger partial charge on any atom is 0.252 e. The number of carbonyl (C=O) groups excluding carboxylic acids is 1. The highest BCUT2D eigenvalue weighted by atomic mass is 35.5. The van der Waals surface area contributed by atoms with Crippen LogP contribution in [0.1, 0.15) is 59.3 Å². The number of aromatic nitrogens is 2. The van der Waals surface area contributed by atoms with Gasteiger partial charge in [0.15, 0.2) is 0 Å². The fourth-order valence-electron chi connectivity index (χ4n) is 2.93.